The van der Waals surface area contributed by atoms with E-state index in [0.717, 1.165) is 12.1 Å². The third kappa shape index (κ3) is 4.96. The average molecular weight is 281 g/mol. The Bertz CT molecular complexity index is 415. The lowest BCUT2D eigenvalue weighted by molar-refractivity contribution is 0.0524. The lowest BCUT2D eigenvalue weighted by Crippen LogP contribution is -2.27. The van der Waals surface area contributed by atoms with E-state index in [1.165, 1.54) is 19.3 Å². The summed E-state index contributed by atoms with van der Waals surface area (Å²) < 4.78 is 6.78. The lowest BCUT2D eigenvalue weighted by atomic mass is 10.1. The fourth-order valence-corrected chi connectivity index (χ4v) is 2.13. The monoisotopic (exact) mass is 281 g/mol. The summed E-state index contributed by atoms with van der Waals surface area (Å²) in [6, 6.07) is 0.437. The Balaban J connectivity index is 2.54. The third-order valence-corrected chi connectivity index (χ3v) is 3.42. The number of hydrogen-bond donors (Lipinski definition) is 1. The van der Waals surface area contributed by atoms with E-state index in [4.69, 9.17) is 4.74 Å². The largest absolute Gasteiger partial charge is 0.462 e. The van der Waals surface area contributed by atoms with Gasteiger partial charge in [-0.1, -0.05) is 26.2 Å². The highest BCUT2D eigenvalue weighted by atomic mass is 16.5. The molecule has 114 valence electrons. The third-order valence-electron chi connectivity index (χ3n) is 3.42. The first-order valence-electron chi connectivity index (χ1n) is 7.51. The molecule has 1 N–H and O–H groups in total. The van der Waals surface area contributed by atoms with E-state index < -0.39 is 0 Å². The van der Waals surface area contributed by atoms with E-state index in [9.17, 15) is 4.79 Å². The molecule has 1 aromatic heterocycles. The summed E-state index contributed by atoms with van der Waals surface area (Å²) in [5, 5.41) is 7.60. The minimum Gasteiger partial charge on any atom is -0.462 e. The first-order chi connectivity index (χ1) is 9.60. The van der Waals surface area contributed by atoms with Crippen molar-refractivity contribution in [1.82, 2.24) is 15.1 Å². The molecule has 0 aliphatic carbocycles. The van der Waals surface area contributed by atoms with Gasteiger partial charge in [-0.2, -0.15) is 5.10 Å². The predicted octanol–water partition coefficient (Wildman–Crippen LogP) is 2.66. The molecule has 0 saturated heterocycles. The van der Waals surface area contributed by atoms with Crippen LogP contribution in [0.25, 0.3) is 0 Å². The molecule has 1 aromatic rings. The Hall–Kier alpha value is -1.36. The molecule has 0 fully saturated rings. The Morgan fingerprint density at radius 1 is 1.45 bits per heavy atom. The van der Waals surface area contributed by atoms with Gasteiger partial charge in [0.15, 0.2) is 0 Å². The molecule has 1 rings (SSSR count). The number of carbonyl (C=O) groups excluding carboxylic acids is 1. The van der Waals surface area contributed by atoms with E-state index in [0.29, 0.717) is 24.8 Å². The molecule has 0 bridgehead atoms. The van der Waals surface area contributed by atoms with Gasteiger partial charge >= 0.3 is 5.97 Å². The molecule has 1 heterocycles. The molecule has 5 nitrogen and oxygen atoms in total. The molecule has 0 amide bonds. The van der Waals surface area contributed by atoms with Crippen LogP contribution in [0.4, 0.5) is 0 Å². The van der Waals surface area contributed by atoms with Crippen LogP contribution in [0.5, 0.6) is 0 Å². The van der Waals surface area contributed by atoms with Crippen molar-refractivity contribution in [2.24, 2.45) is 7.05 Å². The smallest absolute Gasteiger partial charge is 0.341 e. The van der Waals surface area contributed by atoms with Crippen molar-refractivity contribution < 1.29 is 9.53 Å². The summed E-state index contributed by atoms with van der Waals surface area (Å²) in [5.41, 5.74) is 1.44. The number of aromatic nitrogens is 2. The van der Waals surface area contributed by atoms with E-state index in [1.807, 2.05) is 14.0 Å². The second-order valence-corrected chi connectivity index (χ2v) is 5.13. The molecule has 1 atom stereocenters. The van der Waals surface area contributed by atoms with Gasteiger partial charge < -0.3 is 10.1 Å². The van der Waals surface area contributed by atoms with Crippen LogP contribution in [0.15, 0.2) is 6.20 Å². The van der Waals surface area contributed by atoms with E-state index in [2.05, 4.69) is 24.3 Å². The Kier molecular flexibility index (Phi) is 7.30. The SMILES string of the molecule is CCCCCC(C)NCc1c(C(=O)OCC)cnn1C. The van der Waals surface area contributed by atoms with Crippen molar-refractivity contribution in [3.8, 4) is 0 Å². The number of nitrogens with one attached hydrogen (secondary N) is 1. The topological polar surface area (TPSA) is 56.1 Å². The second kappa shape index (κ2) is 8.74. The minimum absolute atomic E-state index is 0.295. The Morgan fingerprint density at radius 3 is 2.85 bits per heavy atom. The fourth-order valence-electron chi connectivity index (χ4n) is 2.13. The predicted molar refractivity (Wildman–Crippen MR) is 79.6 cm³/mol. The summed E-state index contributed by atoms with van der Waals surface area (Å²) in [7, 11) is 1.85. The van der Waals surface area contributed by atoms with Crippen LogP contribution in [0.3, 0.4) is 0 Å². The molecule has 5 heteroatoms. The Morgan fingerprint density at radius 2 is 2.20 bits per heavy atom. The van der Waals surface area contributed by atoms with E-state index in [-0.39, 0.29) is 5.97 Å². The van der Waals surface area contributed by atoms with Gasteiger partial charge in [0, 0.05) is 19.6 Å². The van der Waals surface area contributed by atoms with Crippen molar-refractivity contribution >= 4 is 5.97 Å². The maximum Gasteiger partial charge on any atom is 0.341 e. The fraction of sp³-hybridized carbons (Fsp3) is 0.733. The number of aryl methyl sites for hydroxylation is 1. The van der Waals surface area contributed by atoms with Crippen LogP contribution in [0, 0.1) is 0 Å². The first-order valence-corrected chi connectivity index (χ1v) is 7.51. The Labute approximate surface area is 121 Å². The van der Waals surface area contributed by atoms with Crippen molar-refractivity contribution in [1.29, 1.82) is 0 Å². The van der Waals surface area contributed by atoms with E-state index in [1.54, 1.807) is 10.9 Å². The van der Waals surface area contributed by atoms with Crippen LogP contribution in [-0.2, 0) is 18.3 Å². The van der Waals surface area contributed by atoms with Crippen molar-refractivity contribution in [3.63, 3.8) is 0 Å². The van der Waals surface area contributed by atoms with Crippen LogP contribution in [0.2, 0.25) is 0 Å². The van der Waals surface area contributed by atoms with Gasteiger partial charge in [0.25, 0.3) is 0 Å². The maximum absolute atomic E-state index is 11.8. The maximum atomic E-state index is 11.8. The number of carbonyl (C=O) groups is 1. The van der Waals surface area contributed by atoms with Crippen LogP contribution >= 0.6 is 0 Å². The zero-order chi connectivity index (χ0) is 15.0. The summed E-state index contributed by atoms with van der Waals surface area (Å²) in [6.07, 6.45) is 6.48. The highest BCUT2D eigenvalue weighted by Crippen LogP contribution is 2.10. The zero-order valence-electron chi connectivity index (χ0n) is 13.1. The summed E-state index contributed by atoms with van der Waals surface area (Å²) in [5.74, 6) is -0.295. The molecule has 0 aliphatic heterocycles. The van der Waals surface area contributed by atoms with Crippen LogP contribution in [-0.4, -0.2) is 28.4 Å². The zero-order valence-corrected chi connectivity index (χ0v) is 13.1. The van der Waals surface area contributed by atoms with Gasteiger partial charge in [0.1, 0.15) is 5.56 Å². The second-order valence-electron chi connectivity index (χ2n) is 5.13. The molecule has 0 radical (unpaired) electrons. The molecular weight excluding hydrogens is 254 g/mol. The van der Waals surface area contributed by atoms with Crippen LogP contribution in [0.1, 0.15) is 62.5 Å². The molecule has 20 heavy (non-hydrogen) atoms. The number of hydrogen-bond acceptors (Lipinski definition) is 4. The van der Waals surface area contributed by atoms with Gasteiger partial charge in [-0.25, -0.2) is 4.79 Å². The summed E-state index contributed by atoms with van der Waals surface area (Å²) in [6.45, 7) is 7.21. The first kappa shape index (κ1) is 16.7. The van der Waals surface area contributed by atoms with Gasteiger partial charge in [-0.3, -0.25) is 4.68 Å². The number of ether oxygens (including phenoxy) is 1. The summed E-state index contributed by atoms with van der Waals surface area (Å²) >= 11 is 0. The summed E-state index contributed by atoms with van der Waals surface area (Å²) in [4.78, 5) is 11.8. The molecule has 0 aliphatic rings. The van der Waals surface area contributed by atoms with Crippen LogP contribution < -0.4 is 5.32 Å². The number of esters is 1. The average Bonchev–Trinajstić information content (AvgIpc) is 2.78. The van der Waals surface area contributed by atoms with Crippen molar-refractivity contribution in [2.45, 2.75) is 59.0 Å². The van der Waals surface area contributed by atoms with Gasteiger partial charge in [-0.15, -0.1) is 0 Å². The molecule has 0 saturated carbocycles. The highest BCUT2D eigenvalue weighted by molar-refractivity contribution is 5.90. The molecular formula is C15H27N3O2. The van der Waals surface area contributed by atoms with Crippen molar-refractivity contribution in [2.75, 3.05) is 6.61 Å². The highest BCUT2D eigenvalue weighted by Gasteiger charge is 2.17. The number of unbranched alkanes of at least 4 members (excludes halogenated alkanes) is 2. The normalized spacial score (nSPS) is 12.4. The van der Waals surface area contributed by atoms with Gasteiger partial charge in [-0.05, 0) is 20.3 Å². The molecule has 0 spiro atoms. The molecule has 1 unspecified atom stereocenters. The molecule has 0 aromatic carbocycles. The minimum atomic E-state index is -0.295. The number of nitrogens with zero attached hydrogens (tertiary/aromatic N) is 2. The number of rotatable bonds is 9. The quantitative estimate of drug-likeness (QED) is 0.558. The van der Waals surface area contributed by atoms with Gasteiger partial charge in [0.2, 0.25) is 0 Å². The lowest BCUT2D eigenvalue weighted by Gasteiger charge is -2.14. The van der Waals surface area contributed by atoms with E-state index >= 15 is 0 Å². The standard InChI is InChI=1S/C15H27N3O2/c1-5-7-8-9-12(3)16-11-14-13(10-17-18(14)4)15(19)20-6-2/h10,12,16H,5-9,11H2,1-4H3. The van der Waals surface area contributed by atoms with Crippen molar-refractivity contribution in [3.05, 3.63) is 17.5 Å². The van der Waals surface area contributed by atoms with Gasteiger partial charge in [0.05, 0.1) is 18.5 Å².